The minimum atomic E-state index is -0.922. The van der Waals surface area contributed by atoms with Crippen LogP contribution in [-0.4, -0.2) is 21.0 Å². The Labute approximate surface area is 134 Å². The van der Waals surface area contributed by atoms with Crippen LogP contribution in [0.2, 0.25) is 0 Å². The zero-order valence-corrected chi connectivity index (χ0v) is 13.0. The van der Waals surface area contributed by atoms with Crippen molar-refractivity contribution >= 4 is 67.4 Å². The lowest BCUT2D eigenvalue weighted by Gasteiger charge is -2.20. The Morgan fingerprint density at radius 1 is 0.550 bits per heavy atom. The smallest absolute Gasteiger partial charge is 0.257 e. The summed E-state index contributed by atoms with van der Waals surface area (Å²) < 4.78 is 0. The first kappa shape index (κ1) is 17.4. The molecule has 4 nitrogen and oxygen atoms in total. The maximum Gasteiger partial charge on any atom is 0.257 e. The van der Waals surface area contributed by atoms with E-state index in [1.165, 1.54) is 0 Å². The molecule has 0 bridgehead atoms. The summed E-state index contributed by atoms with van der Waals surface area (Å²) in [6.45, 7) is 0. The van der Waals surface area contributed by atoms with E-state index in [4.69, 9.17) is 46.4 Å². The zero-order chi connectivity index (χ0) is 15.4. The molecule has 1 fully saturated rings. The Morgan fingerprint density at radius 2 is 0.750 bits per heavy atom. The summed E-state index contributed by atoms with van der Waals surface area (Å²) in [6, 6.07) is 0. The summed E-state index contributed by atoms with van der Waals surface area (Å²) in [5, 5.41) is -3.69. The van der Waals surface area contributed by atoms with Crippen LogP contribution in [0.1, 0.15) is 25.7 Å². The highest BCUT2D eigenvalue weighted by Gasteiger charge is 2.26. The fourth-order valence-corrected chi connectivity index (χ4v) is 3.04. The molecule has 1 aliphatic carbocycles. The number of allylic oxidation sites excluding steroid dienone is 4. The molecule has 0 aliphatic heterocycles. The Balaban J connectivity index is 3.08. The Kier molecular flexibility index (Phi) is 6.40. The summed E-state index contributed by atoms with van der Waals surface area (Å²) in [7, 11) is 0. The molecule has 0 radical (unpaired) electrons. The highest BCUT2D eigenvalue weighted by molar-refractivity contribution is 6.80. The Hall–Kier alpha value is -0.680. The van der Waals surface area contributed by atoms with Gasteiger partial charge in [-0.25, -0.2) is 0 Å². The highest BCUT2D eigenvalue weighted by Crippen LogP contribution is 2.34. The molecule has 0 aromatic carbocycles. The van der Waals surface area contributed by atoms with E-state index in [1.807, 2.05) is 0 Å². The quantitative estimate of drug-likeness (QED) is 0.335. The number of hydrogen-bond donors (Lipinski definition) is 0. The van der Waals surface area contributed by atoms with Gasteiger partial charge in [-0.1, -0.05) is 11.1 Å². The van der Waals surface area contributed by atoms with Gasteiger partial charge in [0, 0.05) is 0 Å². The first-order valence-corrected chi connectivity index (χ1v) is 7.00. The van der Waals surface area contributed by atoms with Crippen molar-refractivity contribution < 1.29 is 19.2 Å². The SMILES string of the molecule is O=C(Cl)C(C(=O)Cl)=C1CCC(=C(C(=O)Cl)C(=O)Cl)CC1. The summed E-state index contributed by atoms with van der Waals surface area (Å²) >= 11 is 21.2. The molecular weight excluding hydrogens is 350 g/mol. The highest BCUT2D eigenvalue weighted by atomic mass is 35.5. The molecule has 0 saturated heterocycles. The Bertz CT molecular complexity index is 466. The number of carbonyl (C=O) groups excluding carboxylic acids is 4. The normalized spacial score (nSPS) is 14.8. The first-order valence-electron chi connectivity index (χ1n) is 5.49. The summed E-state index contributed by atoms with van der Waals surface area (Å²) in [4.78, 5) is 44.6. The van der Waals surface area contributed by atoms with Crippen LogP contribution < -0.4 is 0 Å². The van der Waals surface area contributed by atoms with Crippen LogP contribution in [-0.2, 0) is 19.2 Å². The van der Waals surface area contributed by atoms with Crippen molar-refractivity contribution in [2.75, 3.05) is 0 Å². The average Bonchev–Trinajstić information content (AvgIpc) is 2.29. The molecule has 0 heterocycles. The molecule has 1 aliphatic rings. The molecule has 0 amide bonds. The molecule has 0 unspecified atom stereocenters. The van der Waals surface area contributed by atoms with E-state index < -0.39 is 21.0 Å². The van der Waals surface area contributed by atoms with Crippen LogP contribution in [0.5, 0.6) is 0 Å². The first-order chi connectivity index (χ1) is 9.25. The van der Waals surface area contributed by atoms with E-state index in [2.05, 4.69) is 0 Å². The van der Waals surface area contributed by atoms with Crippen LogP contribution in [0.15, 0.2) is 22.3 Å². The van der Waals surface area contributed by atoms with Gasteiger partial charge in [-0.3, -0.25) is 19.2 Å². The average molecular weight is 358 g/mol. The van der Waals surface area contributed by atoms with Crippen molar-refractivity contribution in [3.63, 3.8) is 0 Å². The van der Waals surface area contributed by atoms with Crippen molar-refractivity contribution in [2.45, 2.75) is 25.7 Å². The molecule has 8 heteroatoms. The van der Waals surface area contributed by atoms with Gasteiger partial charge in [0.1, 0.15) is 0 Å². The largest absolute Gasteiger partial charge is 0.275 e. The van der Waals surface area contributed by atoms with Crippen molar-refractivity contribution in [3.05, 3.63) is 22.3 Å². The van der Waals surface area contributed by atoms with E-state index in [-0.39, 0.29) is 36.8 Å². The summed E-state index contributed by atoms with van der Waals surface area (Å²) in [6.07, 6.45) is 1.11. The third-order valence-corrected chi connectivity index (χ3v) is 3.71. The van der Waals surface area contributed by atoms with Gasteiger partial charge >= 0.3 is 0 Å². The van der Waals surface area contributed by atoms with Gasteiger partial charge in [-0.05, 0) is 72.1 Å². The summed E-state index contributed by atoms with van der Waals surface area (Å²) in [5.74, 6) is 0. The molecule has 0 aromatic rings. The number of halogens is 4. The number of hydrogen-bond acceptors (Lipinski definition) is 4. The van der Waals surface area contributed by atoms with Crippen LogP contribution >= 0.6 is 46.4 Å². The molecule has 20 heavy (non-hydrogen) atoms. The third kappa shape index (κ3) is 4.16. The fourth-order valence-electron chi connectivity index (χ4n) is 2.06. The predicted octanol–water partition coefficient (Wildman–Crippen LogP) is 3.22. The number of rotatable bonds is 4. The lowest BCUT2D eigenvalue weighted by molar-refractivity contribution is -0.115. The fraction of sp³-hybridized carbons (Fsp3) is 0.333. The van der Waals surface area contributed by atoms with Crippen molar-refractivity contribution in [2.24, 2.45) is 0 Å². The van der Waals surface area contributed by atoms with Crippen LogP contribution in [0.25, 0.3) is 0 Å². The van der Waals surface area contributed by atoms with Gasteiger partial charge in [0.2, 0.25) is 0 Å². The minimum absolute atomic E-state index is 0.247. The van der Waals surface area contributed by atoms with Crippen molar-refractivity contribution in [1.29, 1.82) is 0 Å². The van der Waals surface area contributed by atoms with Gasteiger partial charge < -0.3 is 0 Å². The topological polar surface area (TPSA) is 68.3 Å². The molecule has 108 valence electrons. The van der Waals surface area contributed by atoms with Gasteiger partial charge in [-0.2, -0.15) is 0 Å². The monoisotopic (exact) mass is 356 g/mol. The van der Waals surface area contributed by atoms with Crippen LogP contribution in [0.3, 0.4) is 0 Å². The van der Waals surface area contributed by atoms with Gasteiger partial charge in [-0.15, -0.1) is 0 Å². The van der Waals surface area contributed by atoms with Gasteiger partial charge in [0.15, 0.2) is 0 Å². The molecule has 0 atom stereocenters. The predicted molar refractivity (Wildman–Crippen MR) is 76.0 cm³/mol. The maximum atomic E-state index is 11.2. The second-order valence-corrected chi connectivity index (χ2v) is 5.43. The van der Waals surface area contributed by atoms with E-state index in [9.17, 15) is 19.2 Å². The van der Waals surface area contributed by atoms with E-state index in [0.717, 1.165) is 0 Å². The number of carbonyl (C=O) groups is 4. The summed E-state index contributed by atoms with van der Waals surface area (Å²) in [5.41, 5.74) is 0.501. The van der Waals surface area contributed by atoms with Crippen molar-refractivity contribution in [1.82, 2.24) is 0 Å². The standard InChI is InChI=1S/C12H8Cl4O4/c13-9(17)7(10(14)18)5-1-2-6(4-3-5)8(11(15)19)12(16)20/h1-4H2. The van der Waals surface area contributed by atoms with E-state index in [0.29, 0.717) is 11.1 Å². The second kappa shape index (κ2) is 7.36. The van der Waals surface area contributed by atoms with Gasteiger partial charge in [0.25, 0.3) is 21.0 Å². The zero-order valence-electron chi connectivity index (χ0n) is 9.97. The third-order valence-electron chi connectivity index (χ3n) is 2.95. The molecule has 1 rings (SSSR count). The molecular formula is C12H8Cl4O4. The minimum Gasteiger partial charge on any atom is -0.275 e. The lowest BCUT2D eigenvalue weighted by atomic mass is 9.86. The van der Waals surface area contributed by atoms with E-state index >= 15 is 0 Å². The second-order valence-electron chi connectivity index (χ2n) is 4.05. The maximum absolute atomic E-state index is 11.2. The van der Waals surface area contributed by atoms with E-state index in [1.54, 1.807) is 0 Å². The molecule has 0 spiro atoms. The Morgan fingerprint density at radius 3 is 0.900 bits per heavy atom. The van der Waals surface area contributed by atoms with Gasteiger partial charge in [0.05, 0.1) is 11.1 Å². The van der Waals surface area contributed by atoms with Crippen LogP contribution in [0, 0.1) is 0 Å². The van der Waals surface area contributed by atoms with Crippen LogP contribution in [0.4, 0.5) is 0 Å². The lowest BCUT2D eigenvalue weighted by Crippen LogP contribution is -2.13. The van der Waals surface area contributed by atoms with Crippen molar-refractivity contribution in [3.8, 4) is 0 Å². The molecule has 0 aromatic heterocycles. The molecule has 1 saturated carbocycles. The molecule has 0 N–H and O–H groups in total.